The molecule has 0 spiro atoms. The van der Waals surface area contributed by atoms with E-state index in [-0.39, 0.29) is 23.4 Å². The summed E-state index contributed by atoms with van der Waals surface area (Å²) in [6.45, 7) is 1.28. The highest BCUT2D eigenvalue weighted by Crippen LogP contribution is 2.20. The van der Waals surface area contributed by atoms with Crippen LogP contribution in [0.3, 0.4) is 0 Å². The second-order valence-electron chi connectivity index (χ2n) is 4.01. The summed E-state index contributed by atoms with van der Waals surface area (Å²) in [6.07, 6.45) is 0. The standard InChI is InChI=1S/C12H12BrClFNO2/c13-8-1-2-11(15)10(5-8)12(17)16-3-4-18-7-9(16)6-14/h1-2,5,9H,3-4,6-7H2. The molecular formula is C12H12BrClFNO2. The van der Waals surface area contributed by atoms with E-state index in [2.05, 4.69) is 15.9 Å². The Labute approximate surface area is 118 Å². The van der Waals surface area contributed by atoms with Crippen molar-refractivity contribution in [2.45, 2.75) is 6.04 Å². The third kappa shape index (κ3) is 2.84. The predicted molar refractivity (Wildman–Crippen MR) is 70.5 cm³/mol. The van der Waals surface area contributed by atoms with Crippen LogP contribution in [0.4, 0.5) is 4.39 Å². The SMILES string of the molecule is O=C(c1cc(Br)ccc1F)N1CCOCC1CCl. The van der Waals surface area contributed by atoms with Crippen LogP contribution in [-0.2, 0) is 4.74 Å². The van der Waals surface area contributed by atoms with Crippen molar-refractivity contribution in [1.82, 2.24) is 4.90 Å². The molecule has 0 N–H and O–H groups in total. The minimum absolute atomic E-state index is 0.0568. The maximum Gasteiger partial charge on any atom is 0.257 e. The lowest BCUT2D eigenvalue weighted by Crippen LogP contribution is -2.49. The van der Waals surface area contributed by atoms with Crippen molar-refractivity contribution >= 4 is 33.4 Å². The smallest absolute Gasteiger partial charge is 0.257 e. The zero-order valence-electron chi connectivity index (χ0n) is 9.54. The number of morpholine rings is 1. The van der Waals surface area contributed by atoms with Gasteiger partial charge in [0.1, 0.15) is 5.82 Å². The number of benzene rings is 1. The first-order valence-corrected chi connectivity index (χ1v) is 6.86. The van der Waals surface area contributed by atoms with Gasteiger partial charge in [-0.05, 0) is 18.2 Å². The van der Waals surface area contributed by atoms with E-state index in [1.807, 2.05) is 0 Å². The van der Waals surface area contributed by atoms with Crippen molar-refractivity contribution in [3.8, 4) is 0 Å². The van der Waals surface area contributed by atoms with Crippen molar-refractivity contribution in [2.75, 3.05) is 25.6 Å². The van der Waals surface area contributed by atoms with E-state index in [4.69, 9.17) is 16.3 Å². The summed E-state index contributed by atoms with van der Waals surface area (Å²) in [5.74, 6) is -0.591. The number of hydrogen-bond acceptors (Lipinski definition) is 2. The number of nitrogens with zero attached hydrogens (tertiary/aromatic N) is 1. The highest BCUT2D eigenvalue weighted by atomic mass is 79.9. The Hall–Kier alpha value is -0.650. The van der Waals surface area contributed by atoms with Crippen LogP contribution in [0.5, 0.6) is 0 Å². The number of hydrogen-bond donors (Lipinski definition) is 0. The quantitative estimate of drug-likeness (QED) is 0.777. The van der Waals surface area contributed by atoms with Gasteiger partial charge in [0.2, 0.25) is 0 Å². The van der Waals surface area contributed by atoms with Crippen molar-refractivity contribution in [3.63, 3.8) is 0 Å². The van der Waals surface area contributed by atoms with Gasteiger partial charge in [0.05, 0.1) is 24.8 Å². The fourth-order valence-corrected chi connectivity index (χ4v) is 2.48. The van der Waals surface area contributed by atoms with E-state index in [9.17, 15) is 9.18 Å². The molecule has 3 nitrogen and oxygen atoms in total. The van der Waals surface area contributed by atoms with Crippen LogP contribution in [0, 0.1) is 5.82 Å². The van der Waals surface area contributed by atoms with Crippen LogP contribution >= 0.6 is 27.5 Å². The maximum absolute atomic E-state index is 13.7. The van der Waals surface area contributed by atoms with Gasteiger partial charge in [-0.1, -0.05) is 15.9 Å². The van der Waals surface area contributed by atoms with Gasteiger partial charge >= 0.3 is 0 Å². The molecule has 1 heterocycles. The van der Waals surface area contributed by atoms with Gasteiger partial charge in [0.25, 0.3) is 5.91 Å². The molecule has 1 aromatic rings. The lowest BCUT2D eigenvalue weighted by atomic mass is 10.1. The lowest BCUT2D eigenvalue weighted by Gasteiger charge is -2.34. The van der Waals surface area contributed by atoms with E-state index in [0.29, 0.717) is 24.2 Å². The Kier molecular flexibility index (Phi) is 4.59. The van der Waals surface area contributed by atoms with Crippen molar-refractivity contribution in [2.24, 2.45) is 0 Å². The molecule has 98 valence electrons. The fraction of sp³-hybridized carbons (Fsp3) is 0.417. The third-order valence-electron chi connectivity index (χ3n) is 2.83. The molecule has 1 saturated heterocycles. The van der Waals surface area contributed by atoms with Gasteiger partial charge < -0.3 is 9.64 Å². The van der Waals surface area contributed by atoms with Crippen molar-refractivity contribution in [3.05, 3.63) is 34.1 Å². The molecule has 2 rings (SSSR count). The molecule has 1 unspecified atom stereocenters. The normalized spacial score (nSPS) is 19.9. The molecule has 0 aliphatic carbocycles. The molecule has 1 aromatic carbocycles. The van der Waals surface area contributed by atoms with Gasteiger partial charge in [-0.15, -0.1) is 11.6 Å². The Morgan fingerprint density at radius 1 is 1.61 bits per heavy atom. The molecule has 1 amide bonds. The molecule has 1 fully saturated rings. The molecule has 0 radical (unpaired) electrons. The highest BCUT2D eigenvalue weighted by Gasteiger charge is 2.28. The second-order valence-corrected chi connectivity index (χ2v) is 5.23. The van der Waals surface area contributed by atoms with Gasteiger partial charge in [0.15, 0.2) is 0 Å². The molecule has 1 atom stereocenters. The van der Waals surface area contributed by atoms with E-state index in [1.165, 1.54) is 12.1 Å². The van der Waals surface area contributed by atoms with Crippen LogP contribution in [0.15, 0.2) is 22.7 Å². The molecule has 1 aliphatic heterocycles. The lowest BCUT2D eigenvalue weighted by molar-refractivity contribution is 0.00431. The zero-order chi connectivity index (χ0) is 13.1. The Morgan fingerprint density at radius 2 is 2.39 bits per heavy atom. The Balaban J connectivity index is 2.26. The number of carbonyl (C=O) groups is 1. The summed E-state index contributed by atoms with van der Waals surface area (Å²) in [5.41, 5.74) is 0.0568. The maximum atomic E-state index is 13.7. The number of carbonyl (C=O) groups excluding carboxylic acids is 1. The van der Waals surface area contributed by atoms with E-state index in [1.54, 1.807) is 11.0 Å². The van der Waals surface area contributed by atoms with Crippen LogP contribution < -0.4 is 0 Å². The van der Waals surface area contributed by atoms with Crippen LogP contribution in [0.1, 0.15) is 10.4 Å². The molecule has 6 heteroatoms. The molecule has 18 heavy (non-hydrogen) atoms. The summed E-state index contributed by atoms with van der Waals surface area (Å²) in [6, 6.07) is 4.11. The first kappa shape index (κ1) is 13.8. The average Bonchev–Trinajstić information content (AvgIpc) is 2.40. The minimum atomic E-state index is -0.525. The largest absolute Gasteiger partial charge is 0.377 e. The van der Waals surface area contributed by atoms with Gasteiger partial charge in [0, 0.05) is 16.9 Å². The van der Waals surface area contributed by atoms with Crippen molar-refractivity contribution in [1.29, 1.82) is 0 Å². The Bertz CT molecular complexity index is 458. The summed E-state index contributed by atoms with van der Waals surface area (Å²) < 4.78 is 19.6. The average molecular weight is 337 g/mol. The first-order valence-electron chi connectivity index (χ1n) is 5.53. The number of amides is 1. The van der Waals surface area contributed by atoms with Crippen LogP contribution in [0.2, 0.25) is 0 Å². The summed E-state index contributed by atoms with van der Waals surface area (Å²) in [7, 11) is 0. The number of ether oxygens (including phenoxy) is 1. The molecule has 0 aromatic heterocycles. The van der Waals surface area contributed by atoms with E-state index < -0.39 is 5.82 Å². The van der Waals surface area contributed by atoms with Crippen LogP contribution in [-0.4, -0.2) is 42.5 Å². The van der Waals surface area contributed by atoms with Crippen LogP contribution in [0.25, 0.3) is 0 Å². The topological polar surface area (TPSA) is 29.5 Å². The Morgan fingerprint density at radius 3 is 3.11 bits per heavy atom. The number of halogens is 3. The van der Waals surface area contributed by atoms with E-state index >= 15 is 0 Å². The number of rotatable bonds is 2. The van der Waals surface area contributed by atoms with Gasteiger partial charge in [-0.2, -0.15) is 0 Å². The zero-order valence-corrected chi connectivity index (χ0v) is 11.9. The van der Waals surface area contributed by atoms with E-state index in [0.717, 1.165) is 0 Å². The molecule has 1 aliphatic rings. The number of alkyl halides is 1. The predicted octanol–water partition coefficient (Wildman–Crippen LogP) is 2.67. The molecule has 0 bridgehead atoms. The second kappa shape index (κ2) is 5.99. The third-order valence-corrected chi connectivity index (χ3v) is 3.67. The summed E-state index contributed by atoms with van der Waals surface area (Å²) >= 11 is 9.03. The highest BCUT2D eigenvalue weighted by molar-refractivity contribution is 9.10. The first-order chi connectivity index (χ1) is 8.63. The minimum Gasteiger partial charge on any atom is -0.377 e. The fourth-order valence-electron chi connectivity index (χ4n) is 1.87. The molecule has 0 saturated carbocycles. The monoisotopic (exact) mass is 335 g/mol. The van der Waals surface area contributed by atoms with Gasteiger partial charge in [-0.25, -0.2) is 4.39 Å². The van der Waals surface area contributed by atoms with Gasteiger partial charge in [-0.3, -0.25) is 4.79 Å². The summed E-state index contributed by atoms with van der Waals surface area (Å²) in [5, 5.41) is 0. The summed E-state index contributed by atoms with van der Waals surface area (Å²) in [4.78, 5) is 13.9. The van der Waals surface area contributed by atoms with Crippen molar-refractivity contribution < 1.29 is 13.9 Å². The molecular weight excluding hydrogens is 324 g/mol.